The molecule has 0 fully saturated rings. The van der Waals surface area contributed by atoms with Gasteiger partial charge < -0.3 is 19.7 Å². The molecule has 2 aromatic rings. The Kier molecular flexibility index (Phi) is 4.51. The van der Waals surface area contributed by atoms with Crippen LogP contribution in [0.2, 0.25) is 0 Å². The van der Waals surface area contributed by atoms with E-state index in [1.165, 1.54) is 11.2 Å². The van der Waals surface area contributed by atoms with Crippen LogP contribution in [-0.2, 0) is 0 Å². The third-order valence-corrected chi connectivity index (χ3v) is 3.13. The summed E-state index contributed by atoms with van der Waals surface area (Å²) in [6.45, 7) is 5.46. The van der Waals surface area contributed by atoms with Gasteiger partial charge in [0.05, 0.1) is 18.3 Å². The molecule has 1 heterocycles. The fraction of sp³-hybridized carbons (Fsp3) is 0.375. The molecule has 0 saturated carbocycles. The number of amides is 2. The topological polar surface area (TPSA) is 78.6 Å². The molecule has 0 aliphatic rings. The summed E-state index contributed by atoms with van der Waals surface area (Å²) in [6, 6.07) is 5.31. The van der Waals surface area contributed by atoms with Crippen molar-refractivity contribution in [3.8, 4) is 11.5 Å². The standard InChI is InChI=1S/C16H21N3O3/c1-11-5-6-12(14-17-7-8-22-14)9-13(11)18-15(20)19(4)10-16(2,3)21/h5-9,21H,10H2,1-4H3,(H,18,20). The van der Waals surface area contributed by atoms with Crippen molar-refractivity contribution < 1.29 is 14.3 Å². The summed E-state index contributed by atoms with van der Waals surface area (Å²) in [5, 5.41) is 12.6. The highest BCUT2D eigenvalue weighted by Crippen LogP contribution is 2.24. The second kappa shape index (κ2) is 6.19. The summed E-state index contributed by atoms with van der Waals surface area (Å²) in [4.78, 5) is 17.7. The summed E-state index contributed by atoms with van der Waals surface area (Å²) in [5.41, 5.74) is 1.46. The number of carbonyl (C=O) groups excluding carboxylic acids is 1. The lowest BCUT2D eigenvalue weighted by molar-refractivity contribution is 0.0550. The highest BCUT2D eigenvalue weighted by Gasteiger charge is 2.20. The van der Waals surface area contributed by atoms with Crippen LogP contribution in [0.3, 0.4) is 0 Å². The van der Waals surface area contributed by atoms with Gasteiger partial charge in [-0.25, -0.2) is 9.78 Å². The van der Waals surface area contributed by atoms with Crippen molar-refractivity contribution in [2.45, 2.75) is 26.4 Å². The van der Waals surface area contributed by atoms with Crippen molar-refractivity contribution in [1.29, 1.82) is 0 Å². The zero-order chi connectivity index (χ0) is 16.3. The molecule has 6 heteroatoms. The number of carbonyl (C=O) groups is 1. The minimum atomic E-state index is -0.943. The van der Waals surface area contributed by atoms with Gasteiger partial charge in [0.2, 0.25) is 5.89 Å². The van der Waals surface area contributed by atoms with Crippen molar-refractivity contribution in [3.05, 3.63) is 36.2 Å². The van der Waals surface area contributed by atoms with Gasteiger partial charge in [-0.05, 0) is 38.5 Å². The Bertz CT molecular complexity index is 645. The number of anilines is 1. The first-order valence-corrected chi connectivity index (χ1v) is 7.01. The van der Waals surface area contributed by atoms with Gasteiger partial charge in [-0.15, -0.1) is 0 Å². The van der Waals surface area contributed by atoms with E-state index in [9.17, 15) is 9.90 Å². The summed E-state index contributed by atoms with van der Waals surface area (Å²) in [5.74, 6) is 0.500. The lowest BCUT2D eigenvalue weighted by Crippen LogP contribution is -2.41. The molecule has 6 nitrogen and oxygen atoms in total. The minimum Gasteiger partial charge on any atom is -0.445 e. The van der Waals surface area contributed by atoms with Crippen molar-refractivity contribution in [1.82, 2.24) is 9.88 Å². The lowest BCUT2D eigenvalue weighted by atomic mass is 10.1. The molecule has 1 aromatic carbocycles. The average molecular weight is 303 g/mol. The number of rotatable bonds is 4. The van der Waals surface area contributed by atoms with Crippen LogP contribution >= 0.6 is 0 Å². The maximum atomic E-state index is 12.2. The minimum absolute atomic E-state index is 0.233. The van der Waals surface area contributed by atoms with Gasteiger partial charge in [-0.3, -0.25) is 0 Å². The number of hydrogen-bond acceptors (Lipinski definition) is 4. The van der Waals surface area contributed by atoms with E-state index in [0.717, 1.165) is 11.1 Å². The second-order valence-corrected chi connectivity index (χ2v) is 5.97. The number of aliphatic hydroxyl groups is 1. The van der Waals surface area contributed by atoms with Crippen LogP contribution in [0.5, 0.6) is 0 Å². The second-order valence-electron chi connectivity index (χ2n) is 5.97. The van der Waals surface area contributed by atoms with Crippen LogP contribution in [0.1, 0.15) is 19.4 Å². The molecule has 0 radical (unpaired) electrons. The zero-order valence-electron chi connectivity index (χ0n) is 13.3. The molecule has 0 spiro atoms. The molecule has 0 saturated heterocycles. The van der Waals surface area contributed by atoms with Crippen LogP contribution in [-0.4, -0.2) is 40.2 Å². The van der Waals surface area contributed by atoms with Crippen molar-refractivity contribution >= 4 is 11.7 Å². The quantitative estimate of drug-likeness (QED) is 0.910. The van der Waals surface area contributed by atoms with Crippen molar-refractivity contribution in [3.63, 3.8) is 0 Å². The number of nitrogens with zero attached hydrogens (tertiary/aromatic N) is 2. The van der Waals surface area contributed by atoms with Gasteiger partial charge in [-0.2, -0.15) is 0 Å². The van der Waals surface area contributed by atoms with E-state index in [2.05, 4.69) is 10.3 Å². The zero-order valence-corrected chi connectivity index (χ0v) is 13.3. The van der Waals surface area contributed by atoms with E-state index in [0.29, 0.717) is 11.6 Å². The molecule has 0 aliphatic heterocycles. The Hall–Kier alpha value is -2.34. The maximum absolute atomic E-state index is 12.2. The van der Waals surface area contributed by atoms with Crippen LogP contribution in [0.15, 0.2) is 35.1 Å². The fourth-order valence-electron chi connectivity index (χ4n) is 2.12. The van der Waals surface area contributed by atoms with Crippen LogP contribution in [0, 0.1) is 6.92 Å². The Morgan fingerprint density at radius 2 is 2.18 bits per heavy atom. The third kappa shape index (κ3) is 4.08. The van der Waals surface area contributed by atoms with E-state index < -0.39 is 5.60 Å². The van der Waals surface area contributed by atoms with Crippen LogP contribution < -0.4 is 5.32 Å². The summed E-state index contributed by atoms with van der Waals surface area (Å²) in [7, 11) is 1.64. The number of hydrogen-bond donors (Lipinski definition) is 2. The highest BCUT2D eigenvalue weighted by atomic mass is 16.3. The summed E-state index contributed by atoms with van der Waals surface area (Å²) < 4.78 is 5.27. The van der Waals surface area contributed by atoms with E-state index in [4.69, 9.17) is 4.42 Å². The number of urea groups is 1. The van der Waals surface area contributed by atoms with E-state index >= 15 is 0 Å². The summed E-state index contributed by atoms with van der Waals surface area (Å²) >= 11 is 0. The van der Waals surface area contributed by atoms with Gasteiger partial charge in [0.15, 0.2) is 0 Å². The molecule has 0 atom stereocenters. The van der Waals surface area contributed by atoms with E-state index in [1.54, 1.807) is 27.1 Å². The third-order valence-electron chi connectivity index (χ3n) is 3.13. The average Bonchev–Trinajstić information content (AvgIpc) is 2.93. The first-order valence-electron chi connectivity index (χ1n) is 7.01. The van der Waals surface area contributed by atoms with Gasteiger partial charge in [-0.1, -0.05) is 6.07 Å². The molecule has 22 heavy (non-hydrogen) atoms. The number of oxazole rings is 1. The smallest absolute Gasteiger partial charge is 0.321 e. The normalized spacial score (nSPS) is 11.3. The molecule has 118 valence electrons. The van der Waals surface area contributed by atoms with Crippen molar-refractivity contribution in [2.24, 2.45) is 0 Å². The Morgan fingerprint density at radius 3 is 2.77 bits per heavy atom. The van der Waals surface area contributed by atoms with Crippen molar-refractivity contribution in [2.75, 3.05) is 18.9 Å². The molecular formula is C16H21N3O3. The highest BCUT2D eigenvalue weighted by molar-refractivity contribution is 5.90. The number of nitrogens with one attached hydrogen (secondary N) is 1. The molecule has 2 rings (SSSR count). The van der Waals surface area contributed by atoms with Gasteiger partial charge in [0, 0.05) is 18.3 Å². The van der Waals surface area contributed by atoms with Gasteiger partial charge >= 0.3 is 6.03 Å². The SMILES string of the molecule is Cc1ccc(-c2ncco2)cc1NC(=O)N(C)CC(C)(C)O. The van der Waals surface area contributed by atoms with Crippen LogP contribution in [0.25, 0.3) is 11.5 Å². The Morgan fingerprint density at radius 1 is 1.45 bits per heavy atom. The molecule has 1 aromatic heterocycles. The summed E-state index contributed by atoms with van der Waals surface area (Å²) in [6.07, 6.45) is 3.08. The largest absolute Gasteiger partial charge is 0.445 e. The predicted octanol–water partition coefficient (Wildman–Crippen LogP) is 2.88. The van der Waals surface area contributed by atoms with E-state index in [-0.39, 0.29) is 12.6 Å². The molecule has 0 unspecified atom stereocenters. The first kappa shape index (κ1) is 16.0. The maximum Gasteiger partial charge on any atom is 0.321 e. The van der Waals surface area contributed by atoms with Gasteiger partial charge in [0.25, 0.3) is 0 Å². The first-order chi connectivity index (χ1) is 10.3. The molecular weight excluding hydrogens is 282 g/mol. The molecule has 2 amide bonds. The number of benzene rings is 1. The Balaban J connectivity index is 2.15. The van der Waals surface area contributed by atoms with Gasteiger partial charge in [0.1, 0.15) is 6.26 Å². The molecule has 0 bridgehead atoms. The van der Waals surface area contributed by atoms with E-state index in [1.807, 2.05) is 25.1 Å². The fourth-order valence-corrected chi connectivity index (χ4v) is 2.12. The molecule has 0 aliphatic carbocycles. The monoisotopic (exact) mass is 303 g/mol. The molecule has 2 N–H and O–H groups in total. The Labute approximate surface area is 129 Å². The lowest BCUT2D eigenvalue weighted by Gasteiger charge is -2.26. The predicted molar refractivity (Wildman–Crippen MR) is 84.6 cm³/mol. The number of likely N-dealkylation sites (N-methyl/N-ethyl adjacent to an activating group) is 1. The number of aromatic nitrogens is 1. The van der Waals surface area contributed by atoms with Crippen LogP contribution in [0.4, 0.5) is 10.5 Å². The number of aryl methyl sites for hydroxylation is 1.